The number of aromatic nitrogens is 1. The van der Waals surface area contributed by atoms with Crippen molar-refractivity contribution < 1.29 is 19.1 Å². The molecule has 0 bridgehead atoms. The number of hydrogen-bond acceptors (Lipinski definition) is 5. The van der Waals surface area contributed by atoms with Crippen molar-refractivity contribution in [2.75, 3.05) is 31.3 Å². The fourth-order valence-electron chi connectivity index (χ4n) is 4.13. The first-order valence-electron chi connectivity index (χ1n) is 11.0. The highest BCUT2D eigenvalue weighted by atomic mass is 32.2. The number of amides is 2. The third-order valence-electron chi connectivity index (χ3n) is 5.54. The Morgan fingerprint density at radius 2 is 1.88 bits per heavy atom. The van der Waals surface area contributed by atoms with Crippen molar-refractivity contribution in [2.24, 2.45) is 0 Å². The van der Waals surface area contributed by atoms with Gasteiger partial charge in [-0.25, -0.2) is 0 Å². The van der Waals surface area contributed by atoms with Gasteiger partial charge >= 0.3 is 0 Å². The standard InChI is InChI=1S/C25H29N3O4S/c1-17-12-28(13-18(2)32-17)25(30)15-27-14-23(21-9-4-5-10-22(21)27)33-16-24(29)26-19-7-6-8-20(11-19)31-3/h4-11,14,17-18H,12-13,15-16H2,1-3H3,(H,26,29). The van der Waals surface area contributed by atoms with Crippen LogP contribution >= 0.6 is 11.8 Å². The molecule has 0 aliphatic carbocycles. The van der Waals surface area contributed by atoms with Crippen LogP contribution in [-0.2, 0) is 20.9 Å². The number of para-hydroxylation sites is 1. The van der Waals surface area contributed by atoms with Gasteiger partial charge in [0.05, 0.1) is 25.1 Å². The molecule has 33 heavy (non-hydrogen) atoms. The molecule has 1 aliphatic rings. The molecule has 8 heteroatoms. The highest BCUT2D eigenvalue weighted by Crippen LogP contribution is 2.30. The smallest absolute Gasteiger partial charge is 0.242 e. The molecule has 2 heterocycles. The summed E-state index contributed by atoms with van der Waals surface area (Å²) in [7, 11) is 1.59. The van der Waals surface area contributed by atoms with Gasteiger partial charge in [-0.05, 0) is 32.0 Å². The van der Waals surface area contributed by atoms with Crippen LogP contribution in [0.15, 0.2) is 59.6 Å². The predicted molar refractivity (Wildman–Crippen MR) is 131 cm³/mol. The molecule has 0 spiro atoms. The van der Waals surface area contributed by atoms with Gasteiger partial charge in [-0.1, -0.05) is 24.3 Å². The summed E-state index contributed by atoms with van der Waals surface area (Å²) in [5, 5.41) is 3.94. The molecule has 1 aliphatic heterocycles. The Balaban J connectivity index is 1.44. The van der Waals surface area contributed by atoms with Gasteiger partial charge in [0, 0.05) is 46.8 Å². The van der Waals surface area contributed by atoms with Crippen LogP contribution in [0.2, 0.25) is 0 Å². The molecule has 7 nitrogen and oxygen atoms in total. The number of hydrogen-bond donors (Lipinski definition) is 1. The number of benzene rings is 2. The Kier molecular flexibility index (Phi) is 7.25. The summed E-state index contributed by atoms with van der Waals surface area (Å²) in [4.78, 5) is 28.4. The number of nitrogens with one attached hydrogen (secondary N) is 1. The zero-order chi connectivity index (χ0) is 23.4. The Labute approximate surface area is 198 Å². The van der Waals surface area contributed by atoms with Crippen LogP contribution in [0.25, 0.3) is 10.9 Å². The number of carbonyl (C=O) groups is 2. The normalized spacial score (nSPS) is 18.3. The van der Waals surface area contributed by atoms with Gasteiger partial charge in [-0.15, -0.1) is 11.8 Å². The van der Waals surface area contributed by atoms with E-state index in [1.165, 1.54) is 11.8 Å². The maximum atomic E-state index is 13.0. The summed E-state index contributed by atoms with van der Waals surface area (Å²) in [5.41, 5.74) is 1.68. The molecule has 2 unspecified atom stereocenters. The lowest BCUT2D eigenvalue weighted by atomic mass is 10.2. The summed E-state index contributed by atoms with van der Waals surface area (Å²) in [6, 6.07) is 15.3. The molecular formula is C25H29N3O4S. The average Bonchev–Trinajstić information content (AvgIpc) is 3.14. The van der Waals surface area contributed by atoms with E-state index in [0.29, 0.717) is 24.5 Å². The lowest BCUT2D eigenvalue weighted by Gasteiger charge is -2.35. The van der Waals surface area contributed by atoms with Crippen molar-refractivity contribution in [2.45, 2.75) is 37.5 Å². The molecule has 1 N–H and O–H groups in total. The van der Waals surface area contributed by atoms with E-state index < -0.39 is 0 Å². The zero-order valence-electron chi connectivity index (χ0n) is 19.1. The van der Waals surface area contributed by atoms with Crippen molar-refractivity contribution in [3.05, 3.63) is 54.7 Å². The van der Waals surface area contributed by atoms with E-state index in [9.17, 15) is 9.59 Å². The largest absolute Gasteiger partial charge is 0.497 e. The number of thioether (sulfide) groups is 1. The van der Waals surface area contributed by atoms with Crippen molar-refractivity contribution in [1.29, 1.82) is 0 Å². The molecule has 1 saturated heterocycles. The lowest BCUT2D eigenvalue weighted by Crippen LogP contribution is -2.49. The van der Waals surface area contributed by atoms with Crippen LogP contribution in [0.1, 0.15) is 13.8 Å². The molecule has 1 aromatic heterocycles. The minimum atomic E-state index is -0.0996. The first kappa shape index (κ1) is 23.2. The second-order valence-electron chi connectivity index (χ2n) is 8.26. The summed E-state index contributed by atoms with van der Waals surface area (Å²) in [6.07, 6.45) is 2.04. The zero-order valence-corrected chi connectivity index (χ0v) is 19.9. The van der Waals surface area contributed by atoms with E-state index in [4.69, 9.17) is 9.47 Å². The molecule has 174 valence electrons. The second-order valence-corrected chi connectivity index (χ2v) is 9.28. The number of rotatable bonds is 7. The molecule has 2 atom stereocenters. The SMILES string of the molecule is COc1cccc(NC(=O)CSc2cn(CC(=O)N3CC(C)OC(C)C3)c3ccccc23)c1. The maximum absolute atomic E-state index is 13.0. The number of morpholine rings is 1. The molecule has 0 saturated carbocycles. The third-order valence-corrected chi connectivity index (χ3v) is 6.59. The Morgan fingerprint density at radius 1 is 1.12 bits per heavy atom. The van der Waals surface area contributed by atoms with Crippen LogP contribution < -0.4 is 10.1 Å². The Bertz CT molecular complexity index is 1140. The second kappa shape index (κ2) is 10.3. The molecule has 3 aromatic rings. The Morgan fingerprint density at radius 3 is 2.64 bits per heavy atom. The number of fused-ring (bicyclic) bond motifs is 1. The summed E-state index contributed by atoms with van der Waals surface area (Å²) >= 11 is 1.46. The summed E-state index contributed by atoms with van der Waals surface area (Å²) < 4.78 is 12.9. The molecule has 2 amide bonds. The first-order valence-corrected chi connectivity index (χ1v) is 12.0. The van der Waals surface area contributed by atoms with Gasteiger partial charge in [0.2, 0.25) is 11.8 Å². The van der Waals surface area contributed by atoms with Gasteiger partial charge in [0.25, 0.3) is 0 Å². The minimum absolute atomic E-state index is 0.0355. The van der Waals surface area contributed by atoms with E-state index in [-0.39, 0.29) is 36.3 Å². The van der Waals surface area contributed by atoms with E-state index >= 15 is 0 Å². The van der Waals surface area contributed by atoms with Crippen molar-refractivity contribution in [3.8, 4) is 5.75 Å². The van der Waals surface area contributed by atoms with Gasteiger partial charge in [0.1, 0.15) is 12.3 Å². The first-order chi connectivity index (χ1) is 15.9. The predicted octanol–water partition coefficient (Wildman–Crippen LogP) is 4.02. The quantitative estimate of drug-likeness (QED) is 0.532. The number of nitrogens with zero attached hydrogens (tertiary/aromatic N) is 2. The van der Waals surface area contributed by atoms with Gasteiger partial charge < -0.3 is 24.3 Å². The van der Waals surface area contributed by atoms with E-state index in [1.54, 1.807) is 13.2 Å². The van der Waals surface area contributed by atoms with E-state index in [1.807, 2.05) is 72.0 Å². The van der Waals surface area contributed by atoms with E-state index in [2.05, 4.69) is 5.32 Å². The molecular weight excluding hydrogens is 438 g/mol. The molecule has 4 rings (SSSR count). The highest BCUT2D eigenvalue weighted by Gasteiger charge is 2.26. The van der Waals surface area contributed by atoms with Crippen molar-refractivity contribution >= 4 is 40.2 Å². The van der Waals surface area contributed by atoms with Crippen molar-refractivity contribution in [3.63, 3.8) is 0 Å². The van der Waals surface area contributed by atoms with Gasteiger partial charge in [0.15, 0.2) is 0 Å². The minimum Gasteiger partial charge on any atom is -0.497 e. The summed E-state index contributed by atoms with van der Waals surface area (Å²) in [5.74, 6) is 0.928. The number of carbonyl (C=O) groups excluding carboxylic acids is 2. The highest BCUT2D eigenvalue weighted by molar-refractivity contribution is 8.00. The Hall–Kier alpha value is -2.97. The monoisotopic (exact) mass is 467 g/mol. The van der Waals surface area contributed by atoms with E-state index in [0.717, 1.165) is 15.8 Å². The average molecular weight is 468 g/mol. The molecule has 0 radical (unpaired) electrons. The van der Waals surface area contributed by atoms with Crippen LogP contribution in [-0.4, -0.2) is 59.4 Å². The topological polar surface area (TPSA) is 72.8 Å². The van der Waals surface area contributed by atoms with Gasteiger partial charge in [-0.2, -0.15) is 0 Å². The molecule has 2 aromatic carbocycles. The number of methoxy groups -OCH3 is 1. The fraction of sp³-hybridized carbons (Fsp3) is 0.360. The van der Waals surface area contributed by atoms with Crippen LogP contribution in [0.4, 0.5) is 5.69 Å². The van der Waals surface area contributed by atoms with Crippen molar-refractivity contribution in [1.82, 2.24) is 9.47 Å². The number of ether oxygens (including phenoxy) is 2. The third kappa shape index (κ3) is 5.69. The van der Waals surface area contributed by atoms with Crippen LogP contribution in [0, 0.1) is 0 Å². The molecule has 1 fully saturated rings. The lowest BCUT2D eigenvalue weighted by molar-refractivity contribution is -0.143. The van der Waals surface area contributed by atoms with Gasteiger partial charge in [-0.3, -0.25) is 9.59 Å². The van der Waals surface area contributed by atoms with Crippen LogP contribution in [0.3, 0.4) is 0 Å². The summed E-state index contributed by atoms with van der Waals surface area (Å²) in [6.45, 7) is 5.46. The fourth-order valence-corrected chi connectivity index (χ4v) is 5.02. The van der Waals surface area contributed by atoms with Crippen LogP contribution in [0.5, 0.6) is 5.75 Å². The maximum Gasteiger partial charge on any atom is 0.242 e. The number of anilines is 1.